The van der Waals surface area contributed by atoms with Gasteiger partial charge in [0.1, 0.15) is 0 Å². The van der Waals surface area contributed by atoms with Gasteiger partial charge in [-0.15, -0.1) is 0 Å². The molecule has 0 bridgehead atoms. The average Bonchev–Trinajstić information content (AvgIpc) is 2.28. The first-order valence-corrected chi connectivity index (χ1v) is 8.04. The zero-order chi connectivity index (χ0) is 14.5. The van der Waals surface area contributed by atoms with Crippen molar-refractivity contribution >= 4 is 15.9 Å². The van der Waals surface area contributed by atoms with Gasteiger partial charge in [0.2, 0.25) is 0 Å². The van der Waals surface area contributed by atoms with Crippen LogP contribution in [0.5, 0.6) is 0 Å². The molecule has 2 heteroatoms. The van der Waals surface area contributed by atoms with Gasteiger partial charge in [0, 0.05) is 4.47 Å². The Morgan fingerprint density at radius 1 is 1.11 bits per heavy atom. The molecule has 0 radical (unpaired) electrons. The summed E-state index contributed by atoms with van der Waals surface area (Å²) in [6.45, 7) is 13.7. The van der Waals surface area contributed by atoms with E-state index in [1.807, 2.05) is 0 Å². The summed E-state index contributed by atoms with van der Waals surface area (Å²) in [6.07, 6.45) is 1.12. The van der Waals surface area contributed by atoms with Gasteiger partial charge in [0.05, 0.1) is 0 Å². The van der Waals surface area contributed by atoms with E-state index in [0.717, 1.165) is 19.5 Å². The van der Waals surface area contributed by atoms with E-state index >= 15 is 0 Å². The fraction of sp³-hybridized carbons (Fsp3) is 0.647. The molecule has 0 saturated carbocycles. The molecule has 0 aliphatic rings. The summed E-state index contributed by atoms with van der Waals surface area (Å²) < 4.78 is 1.23. The van der Waals surface area contributed by atoms with Gasteiger partial charge >= 0.3 is 0 Å². The maximum atomic E-state index is 3.66. The number of hydrogen-bond donors (Lipinski definition) is 1. The van der Waals surface area contributed by atoms with Crippen LogP contribution < -0.4 is 5.32 Å². The normalized spacial score (nSPS) is 13.8. The fourth-order valence-electron chi connectivity index (χ4n) is 2.16. The second-order valence-corrected chi connectivity index (χ2v) is 7.76. The van der Waals surface area contributed by atoms with Crippen LogP contribution in [0.3, 0.4) is 0 Å². The van der Waals surface area contributed by atoms with E-state index in [1.165, 1.54) is 10.0 Å². The van der Waals surface area contributed by atoms with Gasteiger partial charge in [0.25, 0.3) is 0 Å². The van der Waals surface area contributed by atoms with Gasteiger partial charge in [-0.25, -0.2) is 0 Å². The van der Waals surface area contributed by atoms with Crippen LogP contribution in [-0.2, 0) is 6.42 Å². The third-order valence-electron chi connectivity index (χ3n) is 3.59. The number of nitrogens with one attached hydrogen (secondary N) is 1. The first-order valence-electron chi connectivity index (χ1n) is 7.25. The molecule has 0 aliphatic heterocycles. The van der Waals surface area contributed by atoms with Gasteiger partial charge in [-0.1, -0.05) is 68.7 Å². The molecule has 1 aromatic rings. The van der Waals surface area contributed by atoms with E-state index in [9.17, 15) is 0 Å². The predicted octanol–water partition coefficient (Wildman–Crippen LogP) is 4.90. The van der Waals surface area contributed by atoms with Crippen molar-refractivity contribution in [3.05, 3.63) is 34.3 Å². The van der Waals surface area contributed by atoms with Crippen LogP contribution in [0.4, 0.5) is 0 Å². The largest absolute Gasteiger partial charge is 0.316 e. The van der Waals surface area contributed by atoms with Crippen molar-refractivity contribution in [1.82, 2.24) is 5.32 Å². The van der Waals surface area contributed by atoms with Crippen LogP contribution >= 0.6 is 15.9 Å². The molecule has 0 heterocycles. The molecule has 0 fully saturated rings. The van der Waals surface area contributed by atoms with Gasteiger partial charge in [-0.2, -0.15) is 0 Å². The number of rotatable bonds is 6. The Kier molecular flexibility index (Phi) is 6.55. The Balaban J connectivity index is 2.68. The number of halogens is 1. The molecule has 0 aromatic heterocycles. The summed E-state index contributed by atoms with van der Waals surface area (Å²) >= 11 is 3.66. The Morgan fingerprint density at radius 2 is 1.74 bits per heavy atom. The third kappa shape index (κ3) is 6.09. The lowest BCUT2D eigenvalue weighted by Gasteiger charge is -2.32. The predicted molar refractivity (Wildman–Crippen MR) is 88.5 cm³/mol. The van der Waals surface area contributed by atoms with Crippen molar-refractivity contribution in [2.24, 2.45) is 17.3 Å². The summed E-state index contributed by atoms with van der Waals surface area (Å²) in [4.78, 5) is 0. The minimum atomic E-state index is 0.319. The highest BCUT2D eigenvalue weighted by Gasteiger charge is 2.25. The lowest BCUT2D eigenvalue weighted by molar-refractivity contribution is 0.228. The first-order chi connectivity index (χ1) is 8.80. The van der Waals surface area contributed by atoms with Crippen LogP contribution in [-0.4, -0.2) is 13.1 Å². The fourth-order valence-corrected chi connectivity index (χ4v) is 2.61. The molecule has 1 nitrogen and oxygen atoms in total. The highest BCUT2D eigenvalue weighted by molar-refractivity contribution is 9.10. The Hall–Kier alpha value is -0.340. The van der Waals surface area contributed by atoms with E-state index in [1.54, 1.807) is 0 Å². The molecule has 1 N–H and O–H groups in total. The summed E-state index contributed by atoms with van der Waals surface area (Å²) in [6, 6.07) is 8.57. The molecule has 108 valence electrons. The van der Waals surface area contributed by atoms with Crippen molar-refractivity contribution < 1.29 is 0 Å². The van der Waals surface area contributed by atoms with Crippen molar-refractivity contribution in [1.29, 1.82) is 0 Å². The Morgan fingerprint density at radius 3 is 2.26 bits per heavy atom. The highest BCUT2D eigenvalue weighted by atomic mass is 79.9. The lowest BCUT2D eigenvalue weighted by Crippen LogP contribution is -2.35. The summed E-state index contributed by atoms with van der Waals surface area (Å²) in [5.74, 6) is 1.36. The quantitative estimate of drug-likeness (QED) is 0.784. The Labute approximate surface area is 127 Å². The Bertz CT molecular complexity index is 379. The average molecular weight is 326 g/mol. The van der Waals surface area contributed by atoms with Crippen molar-refractivity contribution in [2.45, 2.75) is 41.0 Å². The molecular weight excluding hydrogens is 298 g/mol. The van der Waals surface area contributed by atoms with Crippen LogP contribution in [0.1, 0.15) is 40.2 Å². The van der Waals surface area contributed by atoms with Gasteiger partial charge in [-0.3, -0.25) is 0 Å². The van der Waals surface area contributed by atoms with Crippen LogP contribution in [0, 0.1) is 17.3 Å². The third-order valence-corrected chi connectivity index (χ3v) is 4.37. The van der Waals surface area contributed by atoms with Crippen LogP contribution in [0.2, 0.25) is 0 Å². The second kappa shape index (κ2) is 7.44. The van der Waals surface area contributed by atoms with Crippen molar-refractivity contribution in [2.75, 3.05) is 13.1 Å². The van der Waals surface area contributed by atoms with E-state index in [4.69, 9.17) is 0 Å². The second-order valence-electron chi connectivity index (χ2n) is 6.91. The van der Waals surface area contributed by atoms with Gasteiger partial charge in [-0.05, 0) is 48.4 Å². The standard InChI is InChI=1S/C17H28BrN/c1-13(2)11-19-12-15(17(3,4)5)10-14-8-6-7-9-16(14)18/h6-9,13,15,19H,10-12H2,1-5H3. The zero-order valence-corrected chi connectivity index (χ0v) is 14.5. The van der Waals surface area contributed by atoms with E-state index in [-0.39, 0.29) is 0 Å². The van der Waals surface area contributed by atoms with Gasteiger partial charge < -0.3 is 5.32 Å². The summed E-state index contributed by atoms with van der Waals surface area (Å²) in [7, 11) is 0. The molecule has 19 heavy (non-hydrogen) atoms. The van der Waals surface area contributed by atoms with Gasteiger partial charge in [0.15, 0.2) is 0 Å². The maximum absolute atomic E-state index is 3.66. The molecule has 1 atom stereocenters. The number of hydrogen-bond acceptors (Lipinski definition) is 1. The smallest absolute Gasteiger partial charge is 0.0207 e. The topological polar surface area (TPSA) is 12.0 Å². The SMILES string of the molecule is CC(C)CNCC(Cc1ccccc1Br)C(C)(C)C. The molecule has 0 amide bonds. The summed E-state index contributed by atoms with van der Waals surface area (Å²) in [5.41, 5.74) is 1.73. The van der Waals surface area contributed by atoms with Crippen molar-refractivity contribution in [3.8, 4) is 0 Å². The summed E-state index contributed by atoms with van der Waals surface area (Å²) in [5, 5.41) is 3.62. The first kappa shape index (κ1) is 16.7. The highest BCUT2D eigenvalue weighted by Crippen LogP contribution is 2.30. The number of benzene rings is 1. The minimum Gasteiger partial charge on any atom is -0.316 e. The van der Waals surface area contributed by atoms with E-state index in [0.29, 0.717) is 17.3 Å². The monoisotopic (exact) mass is 325 g/mol. The maximum Gasteiger partial charge on any atom is 0.0207 e. The van der Waals surface area contributed by atoms with E-state index in [2.05, 4.69) is 80.1 Å². The molecule has 0 saturated heterocycles. The molecular formula is C17H28BrN. The van der Waals surface area contributed by atoms with E-state index < -0.39 is 0 Å². The molecule has 1 unspecified atom stereocenters. The molecule has 1 aromatic carbocycles. The van der Waals surface area contributed by atoms with Crippen LogP contribution in [0.25, 0.3) is 0 Å². The lowest BCUT2D eigenvalue weighted by atomic mass is 9.77. The molecule has 1 rings (SSSR count). The zero-order valence-electron chi connectivity index (χ0n) is 13.0. The van der Waals surface area contributed by atoms with Crippen molar-refractivity contribution in [3.63, 3.8) is 0 Å². The molecule has 0 spiro atoms. The molecule has 0 aliphatic carbocycles. The minimum absolute atomic E-state index is 0.319. The van der Waals surface area contributed by atoms with Crippen LogP contribution in [0.15, 0.2) is 28.7 Å².